The van der Waals surface area contributed by atoms with Gasteiger partial charge in [-0.25, -0.2) is 4.79 Å². The van der Waals surface area contributed by atoms with E-state index >= 15 is 0 Å². The molecule has 0 bridgehead atoms. The van der Waals surface area contributed by atoms with Crippen LogP contribution in [0.25, 0.3) is 17.2 Å². The summed E-state index contributed by atoms with van der Waals surface area (Å²) >= 11 is 4.71. The van der Waals surface area contributed by atoms with Gasteiger partial charge in [-0.1, -0.05) is 53.9 Å². The van der Waals surface area contributed by atoms with Crippen LogP contribution in [0.2, 0.25) is 0 Å². The summed E-state index contributed by atoms with van der Waals surface area (Å²) in [5, 5.41) is 5.11. The number of esters is 1. The molecule has 3 aromatic rings. The average molecular weight is 573 g/mol. The minimum absolute atomic E-state index is 0.238. The van der Waals surface area contributed by atoms with Crippen molar-refractivity contribution in [2.24, 2.45) is 0 Å². The van der Waals surface area contributed by atoms with Crippen molar-refractivity contribution in [3.8, 4) is 22.6 Å². The number of halogens is 1. The zero-order valence-electron chi connectivity index (χ0n) is 20.6. The van der Waals surface area contributed by atoms with E-state index in [1.807, 2.05) is 47.8 Å². The van der Waals surface area contributed by atoms with E-state index in [9.17, 15) is 9.59 Å². The highest BCUT2D eigenvalue weighted by Crippen LogP contribution is 2.37. The molecule has 0 aliphatic heterocycles. The smallest absolute Gasteiger partial charge is 0.341 e. The summed E-state index contributed by atoms with van der Waals surface area (Å²) in [6.07, 6.45) is 6.34. The van der Waals surface area contributed by atoms with Crippen LogP contribution in [0.1, 0.15) is 49.0 Å². The topological polar surface area (TPSA) is 73.9 Å². The Kier molecular flexibility index (Phi) is 10.6. The SMILES string of the molecule is CCCCCOc1ccc(/C=C/C(=O)Nc2scc(-c3ccc(Br)cc3)c2C(=O)OCC)cc1OC. The van der Waals surface area contributed by atoms with E-state index < -0.39 is 5.97 Å². The third-order valence-electron chi connectivity index (χ3n) is 5.28. The van der Waals surface area contributed by atoms with Crippen LogP contribution in [-0.4, -0.2) is 32.2 Å². The van der Waals surface area contributed by atoms with Crippen LogP contribution in [0.15, 0.2) is 58.4 Å². The van der Waals surface area contributed by atoms with E-state index in [4.69, 9.17) is 14.2 Å². The van der Waals surface area contributed by atoms with Crippen molar-refractivity contribution in [2.45, 2.75) is 33.1 Å². The van der Waals surface area contributed by atoms with Crippen LogP contribution in [0.5, 0.6) is 11.5 Å². The Labute approximate surface area is 224 Å². The molecular formula is C28H30BrNO5S. The number of ether oxygens (including phenoxy) is 3. The summed E-state index contributed by atoms with van der Waals surface area (Å²) in [7, 11) is 1.59. The molecule has 190 valence electrons. The number of nitrogens with one attached hydrogen (secondary N) is 1. The van der Waals surface area contributed by atoms with E-state index in [-0.39, 0.29) is 12.5 Å². The summed E-state index contributed by atoms with van der Waals surface area (Å²) in [6, 6.07) is 13.1. The quantitative estimate of drug-likeness (QED) is 0.138. The second-order valence-electron chi connectivity index (χ2n) is 7.87. The Balaban J connectivity index is 1.75. The van der Waals surface area contributed by atoms with E-state index in [0.717, 1.165) is 34.9 Å². The van der Waals surface area contributed by atoms with Crippen LogP contribution in [0.4, 0.5) is 5.00 Å². The summed E-state index contributed by atoms with van der Waals surface area (Å²) in [5.74, 6) is 0.447. The molecule has 1 amide bonds. The van der Waals surface area contributed by atoms with Crippen LogP contribution >= 0.6 is 27.3 Å². The number of methoxy groups -OCH3 is 1. The molecule has 1 N–H and O–H groups in total. The van der Waals surface area contributed by atoms with E-state index in [1.54, 1.807) is 20.1 Å². The lowest BCUT2D eigenvalue weighted by Crippen LogP contribution is -2.12. The third-order valence-corrected chi connectivity index (χ3v) is 6.71. The highest BCUT2D eigenvalue weighted by atomic mass is 79.9. The number of amides is 1. The van der Waals surface area contributed by atoms with Crippen LogP contribution in [-0.2, 0) is 9.53 Å². The highest BCUT2D eigenvalue weighted by Gasteiger charge is 2.22. The van der Waals surface area contributed by atoms with E-state index in [0.29, 0.717) is 34.2 Å². The van der Waals surface area contributed by atoms with E-state index in [2.05, 4.69) is 28.2 Å². The number of hydrogen-bond acceptors (Lipinski definition) is 6. The molecule has 3 rings (SSSR count). The van der Waals surface area contributed by atoms with Gasteiger partial charge in [0.15, 0.2) is 11.5 Å². The zero-order valence-corrected chi connectivity index (χ0v) is 23.0. The number of thiophene rings is 1. The van der Waals surface area contributed by atoms with Gasteiger partial charge in [0.2, 0.25) is 5.91 Å². The molecule has 1 aromatic heterocycles. The molecule has 6 nitrogen and oxygen atoms in total. The van der Waals surface area contributed by atoms with Crippen molar-refractivity contribution in [2.75, 3.05) is 25.6 Å². The Morgan fingerprint density at radius 3 is 2.53 bits per heavy atom. The number of anilines is 1. The molecule has 0 saturated carbocycles. The molecule has 8 heteroatoms. The monoisotopic (exact) mass is 571 g/mol. The molecule has 1 heterocycles. The molecular weight excluding hydrogens is 542 g/mol. The number of rotatable bonds is 12. The first-order chi connectivity index (χ1) is 17.5. The van der Waals surface area contributed by atoms with Crippen molar-refractivity contribution >= 4 is 50.2 Å². The van der Waals surface area contributed by atoms with Crippen molar-refractivity contribution < 1.29 is 23.8 Å². The van der Waals surface area contributed by atoms with Gasteiger partial charge in [-0.05, 0) is 54.8 Å². The number of unbranched alkanes of at least 4 members (excludes halogenated alkanes) is 2. The molecule has 0 spiro atoms. The Morgan fingerprint density at radius 2 is 1.83 bits per heavy atom. The van der Waals surface area contributed by atoms with E-state index in [1.165, 1.54) is 17.4 Å². The van der Waals surface area contributed by atoms with Gasteiger partial charge in [0, 0.05) is 21.5 Å². The standard InChI is InChI=1S/C28H30BrNO5S/c1-4-6-7-16-35-23-14-8-19(17-24(23)33-3)9-15-25(31)30-27-26(28(32)34-5-2)22(18-36-27)20-10-12-21(29)13-11-20/h8-15,17-18H,4-7,16H2,1-3H3,(H,30,31)/b15-9+. The number of carbonyl (C=O) groups excluding carboxylic acids is 2. The molecule has 0 fully saturated rings. The van der Waals surface area contributed by atoms with Crippen molar-refractivity contribution in [1.82, 2.24) is 0 Å². The van der Waals surface area contributed by atoms with Crippen molar-refractivity contribution in [3.05, 3.63) is 69.5 Å². The summed E-state index contributed by atoms with van der Waals surface area (Å²) in [4.78, 5) is 25.5. The first kappa shape index (κ1) is 27.5. The summed E-state index contributed by atoms with van der Waals surface area (Å²) in [6.45, 7) is 4.77. The molecule has 0 aliphatic carbocycles. The minimum Gasteiger partial charge on any atom is -0.493 e. The van der Waals surface area contributed by atoms with Gasteiger partial charge in [0.05, 0.1) is 20.3 Å². The number of hydrogen-bond donors (Lipinski definition) is 1. The zero-order chi connectivity index (χ0) is 25.9. The molecule has 0 atom stereocenters. The lowest BCUT2D eigenvalue weighted by molar-refractivity contribution is -0.111. The first-order valence-electron chi connectivity index (χ1n) is 11.8. The second-order valence-corrected chi connectivity index (χ2v) is 9.66. The van der Waals surface area contributed by atoms with Gasteiger partial charge >= 0.3 is 5.97 Å². The van der Waals surface area contributed by atoms with Gasteiger partial charge in [-0.2, -0.15) is 0 Å². The van der Waals surface area contributed by atoms with Crippen molar-refractivity contribution in [1.29, 1.82) is 0 Å². The lowest BCUT2D eigenvalue weighted by Gasteiger charge is -2.11. The van der Waals surface area contributed by atoms with Gasteiger partial charge in [-0.3, -0.25) is 4.79 Å². The van der Waals surface area contributed by atoms with Gasteiger partial charge in [0.1, 0.15) is 10.6 Å². The molecule has 0 aliphatic rings. The predicted octanol–water partition coefficient (Wildman–Crippen LogP) is 7.58. The maximum atomic E-state index is 12.7. The van der Waals surface area contributed by atoms with Gasteiger partial charge in [0.25, 0.3) is 0 Å². The van der Waals surface area contributed by atoms with Gasteiger partial charge in [-0.15, -0.1) is 11.3 Å². The fourth-order valence-electron chi connectivity index (χ4n) is 3.46. The molecule has 36 heavy (non-hydrogen) atoms. The normalized spacial score (nSPS) is 10.9. The Morgan fingerprint density at radius 1 is 1.06 bits per heavy atom. The van der Waals surface area contributed by atoms with Crippen LogP contribution in [0, 0.1) is 0 Å². The first-order valence-corrected chi connectivity index (χ1v) is 13.5. The Bertz CT molecular complexity index is 1200. The summed E-state index contributed by atoms with van der Waals surface area (Å²) < 4.78 is 17.5. The van der Waals surface area contributed by atoms with Crippen molar-refractivity contribution in [3.63, 3.8) is 0 Å². The molecule has 0 saturated heterocycles. The predicted molar refractivity (Wildman–Crippen MR) is 149 cm³/mol. The fraction of sp³-hybridized carbons (Fsp3) is 0.286. The lowest BCUT2D eigenvalue weighted by atomic mass is 10.0. The maximum Gasteiger partial charge on any atom is 0.341 e. The largest absolute Gasteiger partial charge is 0.493 e. The van der Waals surface area contributed by atoms with Crippen LogP contribution < -0.4 is 14.8 Å². The third kappa shape index (κ3) is 7.45. The maximum absolute atomic E-state index is 12.7. The molecule has 0 unspecified atom stereocenters. The molecule has 0 radical (unpaired) electrons. The minimum atomic E-state index is -0.477. The number of carbonyl (C=O) groups is 2. The van der Waals surface area contributed by atoms with Crippen LogP contribution in [0.3, 0.4) is 0 Å². The average Bonchev–Trinajstić information content (AvgIpc) is 3.29. The fourth-order valence-corrected chi connectivity index (χ4v) is 4.69. The number of benzene rings is 2. The Hall–Kier alpha value is -3.10. The molecule has 2 aromatic carbocycles. The summed E-state index contributed by atoms with van der Waals surface area (Å²) in [5.41, 5.74) is 2.70. The van der Waals surface area contributed by atoms with Gasteiger partial charge < -0.3 is 19.5 Å². The highest BCUT2D eigenvalue weighted by molar-refractivity contribution is 9.10. The second kappa shape index (κ2) is 13.8.